The van der Waals surface area contributed by atoms with E-state index in [1.165, 1.54) is 0 Å². The second kappa shape index (κ2) is 6.34. The molecular weight excluding hydrogens is 272 g/mol. The predicted octanol–water partition coefficient (Wildman–Crippen LogP) is 3.07. The molecule has 5 heteroatoms. The monoisotopic (exact) mass is 298 g/mol. The first kappa shape index (κ1) is 16.3. The molecule has 0 aliphatic heterocycles. The Bertz CT molecular complexity index is 395. The van der Waals surface area contributed by atoms with E-state index in [2.05, 4.69) is 0 Å². The maximum Gasteiger partial charge on any atom is 0.312 e. The first-order valence-electron chi connectivity index (χ1n) is 8.05. The SMILES string of the molecule is CCCC(OCCCCC1(C(=O)O)CC1)C1(C(=O)O)CC1. The molecule has 1 atom stereocenters. The predicted molar refractivity (Wildman–Crippen MR) is 77.1 cm³/mol. The van der Waals surface area contributed by atoms with Crippen LogP contribution in [0.15, 0.2) is 0 Å². The number of rotatable bonds is 11. The summed E-state index contributed by atoms with van der Waals surface area (Å²) in [6.45, 7) is 2.58. The molecule has 0 aromatic rings. The van der Waals surface area contributed by atoms with Gasteiger partial charge in [0.2, 0.25) is 0 Å². The molecule has 21 heavy (non-hydrogen) atoms. The van der Waals surface area contributed by atoms with Crippen LogP contribution in [0, 0.1) is 10.8 Å². The van der Waals surface area contributed by atoms with Crippen LogP contribution >= 0.6 is 0 Å². The third-order valence-corrected chi connectivity index (χ3v) is 5.06. The zero-order valence-electron chi connectivity index (χ0n) is 12.8. The molecule has 0 amide bonds. The summed E-state index contributed by atoms with van der Waals surface area (Å²) >= 11 is 0. The van der Waals surface area contributed by atoms with Crippen LogP contribution < -0.4 is 0 Å². The van der Waals surface area contributed by atoms with Gasteiger partial charge in [-0.2, -0.15) is 0 Å². The number of unbranched alkanes of at least 4 members (excludes halogenated alkanes) is 1. The standard InChI is InChI=1S/C16H26O5/c1-2-5-12(16(9-10-16)14(19)20)21-11-4-3-6-15(7-8-15)13(17)18/h12H,2-11H2,1H3,(H,17,18)(H,19,20). The number of carbonyl (C=O) groups is 2. The first-order valence-corrected chi connectivity index (χ1v) is 8.05. The number of hydrogen-bond acceptors (Lipinski definition) is 3. The van der Waals surface area contributed by atoms with Crippen molar-refractivity contribution in [2.24, 2.45) is 10.8 Å². The van der Waals surface area contributed by atoms with Gasteiger partial charge in [0.05, 0.1) is 16.9 Å². The molecule has 2 saturated carbocycles. The molecule has 2 fully saturated rings. The van der Waals surface area contributed by atoms with Gasteiger partial charge in [0.25, 0.3) is 0 Å². The highest BCUT2D eigenvalue weighted by atomic mass is 16.5. The van der Waals surface area contributed by atoms with E-state index in [1.807, 2.05) is 6.92 Å². The molecule has 0 bridgehead atoms. The lowest BCUT2D eigenvalue weighted by Gasteiger charge is -2.23. The fourth-order valence-corrected chi connectivity index (χ4v) is 3.10. The van der Waals surface area contributed by atoms with Gasteiger partial charge in [-0.25, -0.2) is 0 Å². The molecule has 1 unspecified atom stereocenters. The van der Waals surface area contributed by atoms with E-state index in [1.54, 1.807) is 0 Å². The van der Waals surface area contributed by atoms with Crippen LogP contribution in [0.4, 0.5) is 0 Å². The Kier molecular flexibility index (Phi) is 4.91. The Hall–Kier alpha value is -1.10. The Morgan fingerprint density at radius 3 is 2.19 bits per heavy atom. The second-order valence-corrected chi connectivity index (χ2v) is 6.65. The summed E-state index contributed by atoms with van der Waals surface area (Å²) in [4.78, 5) is 22.4. The fraction of sp³-hybridized carbons (Fsp3) is 0.875. The van der Waals surface area contributed by atoms with Crippen LogP contribution in [-0.2, 0) is 14.3 Å². The van der Waals surface area contributed by atoms with E-state index in [0.29, 0.717) is 13.0 Å². The summed E-state index contributed by atoms with van der Waals surface area (Å²) in [7, 11) is 0. The van der Waals surface area contributed by atoms with Crippen molar-refractivity contribution in [3.63, 3.8) is 0 Å². The van der Waals surface area contributed by atoms with E-state index in [9.17, 15) is 14.7 Å². The molecule has 2 aliphatic carbocycles. The van der Waals surface area contributed by atoms with Crippen molar-refractivity contribution in [3.8, 4) is 0 Å². The molecule has 2 N–H and O–H groups in total. The minimum absolute atomic E-state index is 0.186. The van der Waals surface area contributed by atoms with Crippen molar-refractivity contribution >= 4 is 11.9 Å². The molecule has 0 saturated heterocycles. The summed E-state index contributed by atoms with van der Waals surface area (Å²) in [6.07, 6.45) is 6.91. The van der Waals surface area contributed by atoms with Gasteiger partial charge in [0.1, 0.15) is 0 Å². The molecule has 0 heterocycles. The number of carboxylic acids is 2. The van der Waals surface area contributed by atoms with Gasteiger partial charge in [0, 0.05) is 6.61 Å². The Labute approximate surface area is 125 Å². The average molecular weight is 298 g/mol. The van der Waals surface area contributed by atoms with Crippen molar-refractivity contribution < 1.29 is 24.5 Å². The van der Waals surface area contributed by atoms with Gasteiger partial charge in [-0.05, 0) is 44.9 Å². The van der Waals surface area contributed by atoms with Crippen LogP contribution in [0.2, 0.25) is 0 Å². The Morgan fingerprint density at radius 1 is 1.10 bits per heavy atom. The lowest BCUT2D eigenvalue weighted by Crippen LogP contribution is -2.32. The van der Waals surface area contributed by atoms with Gasteiger partial charge < -0.3 is 14.9 Å². The lowest BCUT2D eigenvalue weighted by molar-refractivity contribution is -0.151. The second-order valence-electron chi connectivity index (χ2n) is 6.65. The fourth-order valence-electron chi connectivity index (χ4n) is 3.10. The van der Waals surface area contributed by atoms with Crippen molar-refractivity contribution in [1.29, 1.82) is 0 Å². The zero-order valence-corrected chi connectivity index (χ0v) is 12.8. The summed E-state index contributed by atoms with van der Waals surface area (Å²) in [5.74, 6) is -1.40. The average Bonchev–Trinajstić information content (AvgIpc) is 3.31. The van der Waals surface area contributed by atoms with Crippen LogP contribution in [0.3, 0.4) is 0 Å². The highest BCUT2D eigenvalue weighted by Gasteiger charge is 2.56. The molecule has 0 aromatic carbocycles. The molecule has 0 aromatic heterocycles. The minimum Gasteiger partial charge on any atom is -0.481 e. The Morgan fingerprint density at radius 2 is 1.76 bits per heavy atom. The van der Waals surface area contributed by atoms with Crippen LogP contribution in [0.1, 0.15) is 64.7 Å². The largest absolute Gasteiger partial charge is 0.481 e. The van der Waals surface area contributed by atoms with Gasteiger partial charge in [-0.1, -0.05) is 19.8 Å². The zero-order chi connectivity index (χ0) is 15.5. The summed E-state index contributed by atoms with van der Waals surface area (Å²) in [6, 6.07) is 0. The highest BCUT2D eigenvalue weighted by Crippen LogP contribution is 2.52. The van der Waals surface area contributed by atoms with Gasteiger partial charge in [0.15, 0.2) is 0 Å². The molecule has 120 valence electrons. The van der Waals surface area contributed by atoms with Gasteiger partial charge in [-0.3, -0.25) is 9.59 Å². The van der Waals surface area contributed by atoms with E-state index in [4.69, 9.17) is 9.84 Å². The summed E-state index contributed by atoms with van der Waals surface area (Å²) < 4.78 is 5.84. The first-order chi connectivity index (χ1) is 9.97. The molecule has 0 spiro atoms. The van der Waals surface area contributed by atoms with Gasteiger partial charge in [-0.15, -0.1) is 0 Å². The third-order valence-electron chi connectivity index (χ3n) is 5.06. The molecule has 2 aliphatic rings. The normalized spacial score (nSPS) is 22.5. The van der Waals surface area contributed by atoms with E-state index >= 15 is 0 Å². The molecular formula is C16H26O5. The molecule has 2 rings (SSSR count). The lowest BCUT2D eigenvalue weighted by atomic mass is 9.95. The summed E-state index contributed by atoms with van der Waals surface area (Å²) in [5.41, 5.74) is -1.10. The number of hydrogen-bond donors (Lipinski definition) is 2. The van der Waals surface area contributed by atoms with Crippen LogP contribution in [0.25, 0.3) is 0 Å². The minimum atomic E-state index is -0.733. The van der Waals surface area contributed by atoms with E-state index < -0.39 is 22.8 Å². The quantitative estimate of drug-likeness (QED) is 0.573. The maximum atomic E-state index is 11.4. The molecule has 0 radical (unpaired) electrons. The number of ether oxygens (including phenoxy) is 1. The smallest absolute Gasteiger partial charge is 0.312 e. The van der Waals surface area contributed by atoms with Crippen molar-refractivity contribution in [3.05, 3.63) is 0 Å². The van der Waals surface area contributed by atoms with Crippen molar-refractivity contribution in [2.45, 2.75) is 70.8 Å². The number of carboxylic acid groups (broad SMARTS) is 2. The molecule has 5 nitrogen and oxygen atoms in total. The maximum absolute atomic E-state index is 11.4. The van der Waals surface area contributed by atoms with E-state index in [-0.39, 0.29) is 6.10 Å². The number of aliphatic carboxylic acids is 2. The Balaban J connectivity index is 1.69. The highest BCUT2D eigenvalue weighted by molar-refractivity contribution is 5.78. The summed E-state index contributed by atoms with van der Waals surface area (Å²) in [5, 5.41) is 18.4. The van der Waals surface area contributed by atoms with E-state index in [0.717, 1.165) is 51.4 Å². The van der Waals surface area contributed by atoms with Crippen LogP contribution in [0.5, 0.6) is 0 Å². The third kappa shape index (κ3) is 3.57. The van der Waals surface area contributed by atoms with Gasteiger partial charge >= 0.3 is 11.9 Å². The topological polar surface area (TPSA) is 83.8 Å². The van der Waals surface area contributed by atoms with Crippen molar-refractivity contribution in [2.75, 3.05) is 6.61 Å². The van der Waals surface area contributed by atoms with Crippen LogP contribution in [-0.4, -0.2) is 34.9 Å². The van der Waals surface area contributed by atoms with Crippen molar-refractivity contribution in [1.82, 2.24) is 0 Å².